The minimum absolute atomic E-state index is 0.606. The van der Waals surface area contributed by atoms with Gasteiger partial charge in [0.15, 0.2) is 0 Å². The number of halogens is 2. The van der Waals surface area contributed by atoms with Gasteiger partial charge in [0.2, 0.25) is 0 Å². The summed E-state index contributed by atoms with van der Waals surface area (Å²) >= 11 is 7.65. The van der Waals surface area contributed by atoms with Crippen LogP contribution in [0.4, 0.5) is 0 Å². The molecule has 4 heteroatoms. The molecular weight excluding hydrogens is 860 g/mol. The van der Waals surface area contributed by atoms with Crippen LogP contribution >= 0.6 is 31.9 Å². The van der Waals surface area contributed by atoms with Crippen molar-refractivity contribution in [2.24, 2.45) is 23.7 Å². The summed E-state index contributed by atoms with van der Waals surface area (Å²) < 4.78 is 7.62. The van der Waals surface area contributed by atoms with Crippen molar-refractivity contribution in [2.75, 3.05) is 0 Å². The number of rotatable bonds is 17. The monoisotopic (exact) mass is 928 g/mol. The molecule has 2 nitrogen and oxygen atoms in total. The highest BCUT2D eigenvalue weighted by Gasteiger charge is 2.30. The van der Waals surface area contributed by atoms with Crippen molar-refractivity contribution in [2.45, 2.75) is 156 Å². The van der Waals surface area contributed by atoms with Crippen LogP contribution in [0, 0.1) is 23.7 Å². The molecule has 0 saturated carbocycles. The van der Waals surface area contributed by atoms with E-state index in [0.29, 0.717) is 11.8 Å². The van der Waals surface area contributed by atoms with E-state index in [4.69, 9.17) is 0 Å². The molecule has 4 unspecified atom stereocenters. The molecule has 0 N–H and O–H groups in total. The van der Waals surface area contributed by atoms with Gasteiger partial charge in [0.25, 0.3) is 0 Å². The van der Waals surface area contributed by atoms with Crippen molar-refractivity contribution < 1.29 is 0 Å². The first-order valence-electron chi connectivity index (χ1n) is 23.9. The second-order valence-electron chi connectivity index (χ2n) is 20.0. The van der Waals surface area contributed by atoms with Crippen LogP contribution in [0.25, 0.3) is 44.3 Å². The average Bonchev–Trinajstić information content (AvgIpc) is 3.75. The molecule has 318 valence electrons. The zero-order valence-electron chi connectivity index (χ0n) is 37.5. The molecular formula is C56H70Br2N2. The Morgan fingerprint density at radius 1 is 0.500 bits per heavy atom. The molecule has 0 bridgehead atoms. The van der Waals surface area contributed by atoms with Gasteiger partial charge >= 0.3 is 0 Å². The van der Waals surface area contributed by atoms with Crippen LogP contribution in [-0.4, -0.2) is 9.13 Å². The zero-order valence-corrected chi connectivity index (χ0v) is 40.7. The van der Waals surface area contributed by atoms with Crippen LogP contribution in [0.5, 0.6) is 0 Å². The van der Waals surface area contributed by atoms with E-state index < -0.39 is 0 Å². The Hall–Kier alpha value is -3.08. The van der Waals surface area contributed by atoms with Crippen LogP contribution < -0.4 is 0 Å². The van der Waals surface area contributed by atoms with Crippen molar-refractivity contribution in [3.63, 3.8) is 0 Å². The second kappa shape index (κ2) is 19.5. The largest absolute Gasteiger partial charge is 0.313 e. The number of nitrogens with zero attached hydrogens (tertiary/aromatic N) is 2. The van der Waals surface area contributed by atoms with Gasteiger partial charge in [-0.25, -0.2) is 0 Å². The van der Waals surface area contributed by atoms with Gasteiger partial charge < -0.3 is 9.13 Å². The lowest BCUT2D eigenvalue weighted by Crippen LogP contribution is -2.14. The average molecular weight is 931 g/mol. The van der Waals surface area contributed by atoms with Gasteiger partial charge in [0.05, 0.1) is 11.0 Å². The third-order valence-electron chi connectivity index (χ3n) is 14.4. The van der Waals surface area contributed by atoms with Crippen molar-refractivity contribution in [3.8, 4) is 22.5 Å². The van der Waals surface area contributed by atoms with Crippen LogP contribution in [0.1, 0.15) is 166 Å². The first-order chi connectivity index (χ1) is 29.0. The summed E-state index contributed by atoms with van der Waals surface area (Å²) in [7, 11) is 0. The van der Waals surface area contributed by atoms with Crippen LogP contribution in [-0.2, 0) is 12.8 Å². The maximum Gasteiger partial charge on any atom is 0.0535 e. The van der Waals surface area contributed by atoms with Crippen molar-refractivity contribution in [1.82, 2.24) is 9.13 Å². The van der Waals surface area contributed by atoms with Gasteiger partial charge in [-0.15, -0.1) is 0 Å². The Morgan fingerprint density at radius 2 is 0.900 bits per heavy atom. The number of hydrogen-bond donors (Lipinski definition) is 0. The summed E-state index contributed by atoms with van der Waals surface area (Å²) in [6.45, 7) is 14.4. The minimum atomic E-state index is 0.606. The predicted molar refractivity (Wildman–Crippen MR) is 266 cm³/mol. The summed E-state index contributed by atoms with van der Waals surface area (Å²) in [5.74, 6) is 4.39. The highest BCUT2D eigenvalue weighted by Crippen LogP contribution is 2.46. The molecule has 0 radical (unpaired) electrons. The topological polar surface area (TPSA) is 9.86 Å². The molecule has 8 rings (SSSR count). The van der Waals surface area contributed by atoms with E-state index in [2.05, 4.69) is 167 Å². The van der Waals surface area contributed by atoms with E-state index in [1.807, 2.05) is 0 Å². The third kappa shape index (κ3) is 9.61. The SMILES string of the molecule is CC(C)CCCC(C)CCC1CCCc2c1n(-c1ccc(-c3ccc(-n4c5c(c6cc(Br)ccc64)CCCC5CCC(C)CCCC(C)C)cc3)cc1)c1ccc(Br)cc21. The molecule has 2 aromatic heterocycles. The number of fused-ring (bicyclic) bond motifs is 6. The second-order valence-corrected chi connectivity index (χ2v) is 21.8. The normalized spacial score (nSPS) is 17.8. The van der Waals surface area contributed by atoms with Gasteiger partial charge in [0.1, 0.15) is 0 Å². The fourth-order valence-electron chi connectivity index (χ4n) is 11.1. The number of benzene rings is 4. The molecule has 0 amide bonds. The predicted octanol–water partition coefficient (Wildman–Crippen LogP) is 18.1. The molecule has 0 saturated heterocycles. The molecule has 6 aromatic rings. The smallest absolute Gasteiger partial charge is 0.0535 e. The number of aromatic nitrogens is 2. The fraction of sp³-hybridized carbons (Fsp3) is 0.500. The Bertz CT molecular complexity index is 2190. The molecule has 2 heterocycles. The number of hydrogen-bond acceptors (Lipinski definition) is 0. The van der Waals surface area contributed by atoms with Gasteiger partial charge in [-0.05, 0) is 170 Å². The van der Waals surface area contributed by atoms with Crippen molar-refractivity contribution in [3.05, 3.63) is 116 Å². The summed E-state index contributed by atoms with van der Waals surface area (Å²) in [6.07, 6.45) is 20.9. The maximum atomic E-state index is 3.82. The maximum absolute atomic E-state index is 3.82. The third-order valence-corrected chi connectivity index (χ3v) is 15.4. The van der Waals surface area contributed by atoms with E-state index in [9.17, 15) is 0 Å². The standard InChI is InChI=1S/C56H70Br2N2/c1-37(2)11-7-13-39(5)19-21-43-15-9-17-49-51-35-45(57)27-33-53(51)59(55(43)49)47-29-23-41(24-30-47)42-25-31-48(32-26-42)60-54-34-28-46(58)36-52(54)50-18-10-16-44(56(50)60)22-20-40(6)14-8-12-38(3)4/h23-40,43-44H,7-22H2,1-6H3. The van der Waals surface area contributed by atoms with Crippen molar-refractivity contribution in [1.29, 1.82) is 0 Å². The lowest BCUT2D eigenvalue weighted by atomic mass is 9.82. The van der Waals surface area contributed by atoms with Crippen LogP contribution in [0.15, 0.2) is 93.9 Å². The van der Waals surface area contributed by atoms with E-state index in [1.165, 1.54) is 156 Å². The van der Waals surface area contributed by atoms with Gasteiger partial charge in [0, 0.05) is 42.5 Å². The lowest BCUT2D eigenvalue weighted by Gasteiger charge is -2.27. The highest BCUT2D eigenvalue weighted by atomic mass is 79.9. The summed E-state index contributed by atoms with van der Waals surface area (Å²) in [6, 6.07) is 32.9. The first-order valence-corrected chi connectivity index (χ1v) is 25.5. The van der Waals surface area contributed by atoms with E-state index in [1.54, 1.807) is 22.5 Å². The lowest BCUT2D eigenvalue weighted by molar-refractivity contribution is 0.392. The molecule has 0 fully saturated rings. The van der Waals surface area contributed by atoms with Crippen molar-refractivity contribution >= 4 is 53.7 Å². The fourth-order valence-corrected chi connectivity index (χ4v) is 11.9. The Balaban J connectivity index is 1.06. The van der Waals surface area contributed by atoms with Crippen LogP contribution in [0.2, 0.25) is 0 Å². The van der Waals surface area contributed by atoms with E-state index >= 15 is 0 Å². The Kier molecular flexibility index (Phi) is 14.2. The quantitative estimate of drug-likeness (QED) is 0.0862. The van der Waals surface area contributed by atoms with Crippen LogP contribution in [0.3, 0.4) is 0 Å². The Morgan fingerprint density at radius 3 is 1.28 bits per heavy atom. The molecule has 2 aliphatic rings. The van der Waals surface area contributed by atoms with E-state index in [0.717, 1.165) is 23.7 Å². The van der Waals surface area contributed by atoms with Gasteiger partial charge in [-0.1, -0.05) is 149 Å². The summed E-state index contributed by atoms with van der Waals surface area (Å²) in [4.78, 5) is 0. The summed E-state index contributed by atoms with van der Waals surface area (Å²) in [5.41, 5.74) is 14.2. The Labute approximate surface area is 379 Å². The zero-order chi connectivity index (χ0) is 41.9. The number of aryl methyl sites for hydroxylation is 2. The molecule has 4 aromatic carbocycles. The molecule has 0 spiro atoms. The van der Waals surface area contributed by atoms with Gasteiger partial charge in [-0.3, -0.25) is 0 Å². The molecule has 0 aliphatic heterocycles. The minimum Gasteiger partial charge on any atom is -0.313 e. The molecule has 4 atom stereocenters. The van der Waals surface area contributed by atoms with Gasteiger partial charge in [-0.2, -0.15) is 0 Å². The molecule has 2 aliphatic carbocycles. The molecule has 60 heavy (non-hydrogen) atoms. The van der Waals surface area contributed by atoms with E-state index in [-0.39, 0.29) is 0 Å². The highest BCUT2D eigenvalue weighted by molar-refractivity contribution is 9.10. The summed E-state index contributed by atoms with van der Waals surface area (Å²) in [5, 5.41) is 2.86. The first kappa shape index (κ1) is 43.6.